The minimum Gasteiger partial charge on any atom is -0.508 e. The number of phenolic OH excluding ortho intramolecular Hbond substituents is 1. The van der Waals surface area contributed by atoms with Gasteiger partial charge in [0.2, 0.25) is 0 Å². The maximum Gasteiger partial charge on any atom is 0.310 e. The number of fused-ring (bicyclic) bond motifs is 1. The number of hydrogen-bond acceptors (Lipinski definition) is 4. The zero-order chi connectivity index (χ0) is 20.6. The molecule has 0 spiro atoms. The summed E-state index contributed by atoms with van der Waals surface area (Å²) in [5, 5.41) is 10.4. The predicted octanol–water partition coefficient (Wildman–Crippen LogP) is 4.63. The van der Waals surface area contributed by atoms with Gasteiger partial charge >= 0.3 is 5.97 Å². The summed E-state index contributed by atoms with van der Waals surface area (Å²) in [6.07, 6.45) is -0.326. The number of hydrogen-bond donors (Lipinski definition) is 1. The average Bonchev–Trinajstić information content (AvgIpc) is 2.87. The van der Waals surface area contributed by atoms with Gasteiger partial charge in [0.1, 0.15) is 11.6 Å². The third-order valence-electron chi connectivity index (χ3n) is 4.38. The summed E-state index contributed by atoms with van der Waals surface area (Å²) < 4.78 is 20.4. The van der Waals surface area contributed by atoms with E-state index in [-0.39, 0.29) is 28.9 Å². The van der Waals surface area contributed by atoms with Gasteiger partial charge in [-0.25, -0.2) is 4.39 Å². The van der Waals surface area contributed by atoms with Gasteiger partial charge in [-0.3, -0.25) is 14.2 Å². The molecule has 0 amide bonds. The van der Waals surface area contributed by atoms with Crippen molar-refractivity contribution in [1.29, 1.82) is 0 Å². The monoisotopic (exact) mass is 403 g/mol. The molecule has 5 nitrogen and oxygen atoms in total. The summed E-state index contributed by atoms with van der Waals surface area (Å²) in [4.78, 5) is 25.3. The Labute approximate surface area is 166 Å². The third kappa shape index (κ3) is 3.73. The summed E-state index contributed by atoms with van der Waals surface area (Å²) in [5.74, 6) is -1.59. The third-order valence-corrected chi connectivity index (χ3v) is 4.68. The molecular weight excluding hydrogens is 385 g/mol. The zero-order valence-electron chi connectivity index (χ0n) is 15.6. The smallest absolute Gasteiger partial charge is 0.310 e. The summed E-state index contributed by atoms with van der Waals surface area (Å²) in [6.45, 7) is 5.19. The van der Waals surface area contributed by atoms with E-state index in [4.69, 9.17) is 16.3 Å². The van der Waals surface area contributed by atoms with Crippen molar-refractivity contribution in [2.75, 3.05) is 0 Å². The lowest BCUT2D eigenvalue weighted by atomic mass is 10.1. The molecule has 1 heterocycles. The van der Waals surface area contributed by atoms with Gasteiger partial charge in [-0.2, -0.15) is 0 Å². The quantitative estimate of drug-likeness (QED) is 0.645. The van der Waals surface area contributed by atoms with Crippen LogP contribution in [0.15, 0.2) is 36.4 Å². The van der Waals surface area contributed by atoms with Crippen LogP contribution < -0.4 is 0 Å². The molecule has 0 aliphatic rings. The molecule has 3 aromatic rings. The molecule has 7 heteroatoms. The highest BCUT2D eigenvalue weighted by atomic mass is 35.5. The molecule has 0 atom stereocenters. The van der Waals surface area contributed by atoms with Crippen molar-refractivity contribution in [2.24, 2.45) is 0 Å². The van der Waals surface area contributed by atoms with Crippen LogP contribution in [0.5, 0.6) is 5.75 Å². The number of nitrogens with zero attached hydrogens (tertiary/aromatic N) is 1. The van der Waals surface area contributed by atoms with Crippen molar-refractivity contribution < 1.29 is 23.8 Å². The number of carbonyl (C=O) groups excluding carboxylic acids is 2. The van der Waals surface area contributed by atoms with Crippen LogP contribution in [-0.2, 0) is 16.0 Å². The highest BCUT2D eigenvalue weighted by molar-refractivity contribution is 6.30. The molecule has 0 fully saturated rings. The summed E-state index contributed by atoms with van der Waals surface area (Å²) in [5.41, 5.74) is 1.70. The van der Waals surface area contributed by atoms with Gasteiger partial charge in [0.15, 0.2) is 0 Å². The van der Waals surface area contributed by atoms with E-state index in [1.807, 2.05) is 0 Å². The van der Waals surface area contributed by atoms with Gasteiger partial charge in [0, 0.05) is 16.6 Å². The van der Waals surface area contributed by atoms with Crippen LogP contribution in [0.25, 0.3) is 10.9 Å². The number of aromatic nitrogens is 1. The van der Waals surface area contributed by atoms with Gasteiger partial charge < -0.3 is 9.84 Å². The number of carbonyl (C=O) groups is 2. The SMILES string of the molecule is Cc1c(CC(=O)OC(C)C)c2cc(O)ccc2n1C(=O)c1ccc(Cl)c(F)c1. The molecule has 0 saturated carbocycles. The Morgan fingerprint density at radius 3 is 2.57 bits per heavy atom. The molecule has 146 valence electrons. The van der Waals surface area contributed by atoms with Gasteiger partial charge in [0.25, 0.3) is 5.91 Å². The summed E-state index contributed by atoms with van der Waals surface area (Å²) in [7, 11) is 0. The van der Waals surface area contributed by atoms with E-state index in [1.54, 1.807) is 26.8 Å². The van der Waals surface area contributed by atoms with Crippen molar-refractivity contribution >= 4 is 34.4 Å². The molecule has 0 radical (unpaired) electrons. The second-order valence-electron chi connectivity index (χ2n) is 6.75. The van der Waals surface area contributed by atoms with E-state index in [2.05, 4.69) is 0 Å². The molecule has 3 rings (SSSR count). The first kappa shape index (κ1) is 19.9. The van der Waals surface area contributed by atoms with Gasteiger partial charge in [-0.15, -0.1) is 0 Å². The standard InChI is InChI=1S/C21H19ClFNO4/c1-11(2)28-20(26)10-15-12(3)24(19-7-5-14(25)9-16(15)19)21(27)13-4-6-17(22)18(23)8-13/h4-9,11,25H,10H2,1-3H3. The van der Waals surface area contributed by atoms with Crippen LogP contribution in [0.1, 0.15) is 35.5 Å². The van der Waals surface area contributed by atoms with Crippen LogP contribution in [0.3, 0.4) is 0 Å². The molecule has 0 unspecified atom stereocenters. The lowest BCUT2D eigenvalue weighted by Crippen LogP contribution is -2.16. The van der Waals surface area contributed by atoms with Crippen LogP contribution in [0, 0.1) is 12.7 Å². The molecular formula is C21H19ClFNO4. The maximum atomic E-state index is 13.8. The largest absolute Gasteiger partial charge is 0.508 e. The molecule has 0 saturated heterocycles. The van der Waals surface area contributed by atoms with E-state index in [9.17, 15) is 19.1 Å². The number of benzene rings is 2. The van der Waals surface area contributed by atoms with Crippen molar-refractivity contribution in [3.63, 3.8) is 0 Å². The normalized spacial score (nSPS) is 11.2. The Hall–Kier alpha value is -2.86. The molecule has 1 N–H and O–H groups in total. The van der Waals surface area contributed by atoms with E-state index in [1.165, 1.54) is 28.8 Å². The van der Waals surface area contributed by atoms with Crippen LogP contribution in [-0.4, -0.2) is 27.7 Å². The minimum atomic E-state index is -0.694. The average molecular weight is 404 g/mol. The Balaban J connectivity index is 2.14. The van der Waals surface area contributed by atoms with Crippen molar-refractivity contribution in [2.45, 2.75) is 33.3 Å². The highest BCUT2D eigenvalue weighted by Crippen LogP contribution is 2.31. The highest BCUT2D eigenvalue weighted by Gasteiger charge is 2.23. The van der Waals surface area contributed by atoms with E-state index in [0.29, 0.717) is 22.2 Å². The predicted molar refractivity (Wildman–Crippen MR) is 104 cm³/mol. The van der Waals surface area contributed by atoms with E-state index >= 15 is 0 Å². The van der Waals surface area contributed by atoms with E-state index < -0.39 is 17.7 Å². The van der Waals surface area contributed by atoms with Crippen LogP contribution in [0.4, 0.5) is 4.39 Å². The summed E-state index contributed by atoms with van der Waals surface area (Å²) >= 11 is 5.71. The number of ether oxygens (including phenoxy) is 1. The van der Waals surface area contributed by atoms with Gasteiger partial charge in [-0.05, 0) is 62.7 Å². The topological polar surface area (TPSA) is 68.5 Å². The van der Waals surface area contributed by atoms with Crippen molar-refractivity contribution in [3.8, 4) is 5.75 Å². The van der Waals surface area contributed by atoms with Gasteiger partial charge in [0.05, 0.1) is 23.1 Å². The lowest BCUT2D eigenvalue weighted by molar-refractivity contribution is -0.146. The number of aromatic hydroxyl groups is 1. The molecule has 0 aliphatic carbocycles. The zero-order valence-corrected chi connectivity index (χ0v) is 16.4. The Kier molecular flexibility index (Phi) is 5.42. The first-order chi connectivity index (χ1) is 13.2. The van der Waals surface area contributed by atoms with Gasteiger partial charge in [-0.1, -0.05) is 11.6 Å². The molecule has 0 bridgehead atoms. The molecule has 0 aliphatic heterocycles. The van der Waals surface area contributed by atoms with Crippen LogP contribution in [0.2, 0.25) is 5.02 Å². The Bertz CT molecular complexity index is 1090. The summed E-state index contributed by atoms with van der Waals surface area (Å²) in [6, 6.07) is 8.35. The number of rotatable bonds is 4. The first-order valence-corrected chi connectivity index (χ1v) is 9.09. The van der Waals surface area contributed by atoms with Crippen molar-refractivity contribution in [1.82, 2.24) is 4.57 Å². The second-order valence-corrected chi connectivity index (χ2v) is 7.16. The van der Waals surface area contributed by atoms with Crippen molar-refractivity contribution in [3.05, 3.63) is 64.1 Å². The fraction of sp³-hybridized carbons (Fsp3) is 0.238. The number of esters is 1. The Morgan fingerprint density at radius 1 is 1.21 bits per heavy atom. The molecule has 28 heavy (non-hydrogen) atoms. The number of halogens is 2. The lowest BCUT2D eigenvalue weighted by Gasteiger charge is -2.09. The fourth-order valence-corrected chi connectivity index (χ4v) is 3.28. The van der Waals surface area contributed by atoms with E-state index in [0.717, 1.165) is 6.07 Å². The molecule has 1 aromatic heterocycles. The maximum absolute atomic E-state index is 13.8. The minimum absolute atomic E-state index is 0.00751. The fourth-order valence-electron chi connectivity index (χ4n) is 3.16. The molecule has 2 aromatic carbocycles. The number of phenols is 1. The van der Waals surface area contributed by atoms with Crippen LogP contribution >= 0.6 is 11.6 Å². The first-order valence-electron chi connectivity index (χ1n) is 8.71. The Morgan fingerprint density at radius 2 is 1.93 bits per heavy atom. The second kappa shape index (κ2) is 7.64.